The van der Waals surface area contributed by atoms with Crippen molar-refractivity contribution in [2.24, 2.45) is 28.6 Å². The summed E-state index contributed by atoms with van der Waals surface area (Å²) in [5.74, 6) is 2.19. The first-order chi connectivity index (χ1) is 10.2. The average Bonchev–Trinajstić information content (AvgIpc) is 2.44. The van der Waals surface area contributed by atoms with E-state index in [9.17, 15) is 0 Å². The molecular weight excluding hydrogens is 264 g/mol. The number of fused-ring (bicyclic) bond motifs is 2. The van der Waals surface area contributed by atoms with Crippen LogP contribution in [0.3, 0.4) is 0 Å². The van der Waals surface area contributed by atoms with Gasteiger partial charge < -0.3 is 0 Å². The van der Waals surface area contributed by atoms with Crippen LogP contribution in [0.4, 0.5) is 0 Å². The van der Waals surface area contributed by atoms with Crippen molar-refractivity contribution in [2.45, 2.75) is 87.0 Å². The van der Waals surface area contributed by atoms with Crippen molar-refractivity contribution in [3.05, 3.63) is 23.3 Å². The Morgan fingerprint density at radius 1 is 1.18 bits per heavy atom. The SMILES string of the molecule is C=C1[C@H](C)C2=C(C)CC[C@@H](CC(CC)[C@@]1(C)CCC)C2(C)C. The second-order valence-corrected chi connectivity index (χ2v) is 8.91. The van der Waals surface area contributed by atoms with Crippen molar-refractivity contribution in [1.82, 2.24) is 0 Å². The van der Waals surface area contributed by atoms with Gasteiger partial charge in [0.2, 0.25) is 0 Å². The molecule has 0 aromatic carbocycles. The van der Waals surface area contributed by atoms with E-state index in [4.69, 9.17) is 0 Å². The molecule has 0 saturated heterocycles. The topological polar surface area (TPSA) is 0 Å². The first-order valence-corrected chi connectivity index (χ1v) is 9.59. The molecule has 0 heterocycles. The third-order valence-corrected chi connectivity index (χ3v) is 7.46. The Morgan fingerprint density at radius 2 is 1.82 bits per heavy atom. The molecule has 126 valence electrons. The van der Waals surface area contributed by atoms with Crippen molar-refractivity contribution in [3.8, 4) is 0 Å². The zero-order chi connectivity index (χ0) is 16.7. The summed E-state index contributed by atoms with van der Waals surface area (Å²) in [5.41, 5.74) is 5.57. The zero-order valence-electron chi connectivity index (χ0n) is 16.2. The van der Waals surface area contributed by atoms with Gasteiger partial charge in [-0.2, -0.15) is 0 Å². The average molecular weight is 303 g/mol. The van der Waals surface area contributed by atoms with E-state index < -0.39 is 0 Å². The highest BCUT2D eigenvalue weighted by Gasteiger charge is 2.48. The summed E-state index contributed by atoms with van der Waals surface area (Å²) in [6, 6.07) is 0. The Balaban J connectivity index is 2.57. The van der Waals surface area contributed by atoms with E-state index >= 15 is 0 Å². The van der Waals surface area contributed by atoms with Crippen LogP contribution in [-0.4, -0.2) is 0 Å². The zero-order valence-corrected chi connectivity index (χ0v) is 16.2. The highest BCUT2D eigenvalue weighted by molar-refractivity contribution is 5.35. The molecule has 2 aliphatic rings. The molecule has 1 saturated carbocycles. The Kier molecular flexibility index (Phi) is 5.00. The van der Waals surface area contributed by atoms with Crippen molar-refractivity contribution < 1.29 is 0 Å². The van der Waals surface area contributed by atoms with Gasteiger partial charge in [0.25, 0.3) is 0 Å². The van der Waals surface area contributed by atoms with Gasteiger partial charge in [-0.15, -0.1) is 0 Å². The van der Waals surface area contributed by atoms with Gasteiger partial charge in [0, 0.05) is 0 Å². The molecule has 0 nitrogen and oxygen atoms in total. The monoisotopic (exact) mass is 302 g/mol. The summed E-state index contributed by atoms with van der Waals surface area (Å²) in [5, 5.41) is 0. The molecule has 0 heteroatoms. The van der Waals surface area contributed by atoms with Crippen molar-refractivity contribution >= 4 is 0 Å². The lowest BCUT2D eigenvalue weighted by Crippen LogP contribution is -2.43. The second kappa shape index (κ2) is 6.17. The lowest BCUT2D eigenvalue weighted by atomic mass is 9.51. The Labute approximate surface area is 139 Å². The first-order valence-electron chi connectivity index (χ1n) is 9.59. The quantitative estimate of drug-likeness (QED) is 0.485. The minimum atomic E-state index is 0.320. The third-order valence-electron chi connectivity index (χ3n) is 7.46. The third kappa shape index (κ3) is 2.61. The summed E-state index contributed by atoms with van der Waals surface area (Å²) in [4.78, 5) is 0. The Bertz CT molecular complexity index is 464. The van der Waals surface area contributed by atoms with Gasteiger partial charge in [-0.05, 0) is 61.2 Å². The van der Waals surface area contributed by atoms with E-state index in [0.29, 0.717) is 16.7 Å². The molecule has 2 rings (SSSR count). The normalized spacial score (nSPS) is 38.7. The van der Waals surface area contributed by atoms with E-state index in [2.05, 4.69) is 55.0 Å². The molecule has 22 heavy (non-hydrogen) atoms. The summed E-state index contributed by atoms with van der Waals surface area (Å²) in [7, 11) is 0. The maximum Gasteiger partial charge on any atom is -0.00105 e. The van der Waals surface area contributed by atoms with Gasteiger partial charge in [0.05, 0.1) is 0 Å². The highest BCUT2D eigenvalue weighted by Crippen LogP contribution is 2.59. The molecule has 0 aromatic heterocycles. The minimum Gasteiger partial charge on any atom is -0.0987 e. The van der Waals surface area contributed by atoms with Crippen LogP contribution < -0.4 is 0 Å². The molecule has 0 spiro atoms. The van der Waals surface area contributed by atoms with Crippen LogP contribution in [0.25, 0.3) is 0 Å². The van der Waals surface area contributed by atoms with Gasteiger partial charge in [0.15, 0.2) is 0 Å². The molecule has 2 aliphatic carbocycles. The van der Waals surface area contributed by atoms with Crippen molar-refractivity contribution in [3.63, 3.8) is 0 Å². The van der Waals surface area contributed by atoms with Gasteiger partial charge >= 0.3 is 0 Å². The smallest absolute Gasteiger partial charge is 0.00105 e. The highest BCUT2D eigenvalue weighted by atomic mass is 14.5. The molecule has 0 aliphatic heterocycles. The molecule has 0 amide bonds. The summed E-state index contributed by atoms with van der Waals surface area (Å²) >= 11 is 0. The Hall–Kier alpha value is -0.520. The first kappa shape index (κ1) is 17.8. The fourth-order valence-electron chi connectivity index (χ4n) is 6.03. The van der Waals surface area contributed by atoms with Gasteiger partial charge in [-0.3, -0.25) is 0 Å². The van der Waals surface area contributed by atoms with Crippen LogP contribution >= 0.6 is 0 Å². The van der Waals surface area contributed by atoms with Crippen LogP contribution in [-0.2, 0) is 0 Å². The standard InChI is InChI=1S/C22H38/c1-9-13-22(8)17(5)16(4)20-15(3)11-12-19(21(20,6)7)14-18(22)10-2/h16,18-19H,5,9-14H2,1-4,6-8H3/t16-,18?,19-,22-/m0/s1. The molecule has 0 N–H and O–H groups in total. The van der Waals surface area contributed by atoms with Gasteiger partial charge in [-0.1, -0.05) is 77.7 Å². The van der Waals surface area contributed by atoms with Crippen molar-refractivity contribution in [2.75, 3.05) is 0 Å². The molecule has 4 atom stereocenters. The fourth-order valence-corrected chi connectivity index (χ4v) is 6.03. The summed E-state index contributed by atoms with van der Waals surface area (Å²) in [6.45, 7) is 21.8. The van der Waals surface area contributed by atoms with E-state index in [1.807, 2.05) is 0 Å². The largest absolute Gasteiger partial charge is 0.0987 e. The van der Waals surface area contributed by atoms with Gasteiger partial charge in [0.1, 0.15) is 0 Å². The van der Waals surface area contributed by atoms with Crippen LogP contribution in [0, 0.1) is 28.6 Å². The molecule has 1 fully saturated rings. The number of hydrogen-bond donors (Lipinski definition) is 0. The molecule has 0 radical (unpaired) electrons. The Morgan fingerprint density at radius 3 is 2.36 bits per heavy atom. The predicted molar refractivity (Wildman–Crippen MR) is 98.9 cm³/mol. The number of allylic oxidation sites excluding steroid dienone is 3. The van der Waals surface area contributed by atoms with E-state index in [1.165, 1.54) is 44.1 Å². The van der Waals surface area contributed by atoms with E-state index in [0.717, 1.165) is 11.8 Å². The summed E-state index contributed by atoms with van der Waals surface area (Å²) < 4.78 is 0. The molecular formula is C22H38. The van der Waals surface area contributed by atoms with Crippen LogP contribution in [0.2, 0.25) is 0 Å². The number of rotatable bonds is 3. The minimum absolute atomic E-state index is 0.320. The van der Waals surface area contributed by atoms with Crippen LogP contribution in [0.15, 0.2) is 23.3 Å². The van der Waals surface area contributed by atoms with Crippen LogP contribution in [0.5, 0.6) is 0 Å². The van der Waals surface area contributed by atoms with Crippen molar-refractivity contribution in [1.29, 1.82) is 0 Å². The molecule has 0 aromatic rings. The van der Waals surface area contributed by atoms with Gasteiger partial charge in [-0.25, -0.2) is 0 Å². The summed E-state index contributed by atoms with van der Waals surface area (Å²) in [6.07, 6.45) is 7.95. The maximum atomic E-state index is 4.68. The van der Waals surface area contributed by atoms with E-state index in [-0.39, 0.29) is 0 Å². The lowest BCUT2D eigenvalue weighted by molar-refractivity contribution is 0.0871. The lowest BCUT2D eigenvalue weighted by Gasteiger charge is -2.53. The van der Waals surface area contributed by atoms with Crippen LogP contribution in [0.1, 0.15) is 87.0 Å². The second-order valence-electron chi connectivity index (χ2n) is 8.91. The fraction of sp³-hybridized carbons (Fsp3) is 0.818. The number of hydrogen-bond acceptors (Lipinski definition) is 0. The predicted octanol–water partition coefficient (Wildman–Crippen LogP) is 7.17. The molecule has 1 unspecified atom stereocenters. The maximum absolute atomic E-state index is 4.68. The molecule has 2 bridgehead atoms. The van der Waals surface area contributed by atoms with E-state index in [1.54, 1.807) is 11.1 Å².